The molecule has 5 heteroatoms. The van der Waals surface area contributed by atoms with Crippen LogP contribution in [-0.4, -0.2) is 48.6 Å². The van der Waals surface area contributed by atoms with Crippen molar-refractivity contribution in [1.29, 1.82) is 0 Å². The molecule has 1 unspecified atom stereocenters. The Hall–Kier alpha value is -1.10. The summed E-state index contributed by atoms with van der Waals surface area (Å²) in [6, 6.07) is 0. The number of nitrogens with zero attached hydrogens (tertiary/aromatic N) is 1. The van der Waals surface area contributed by atoms with Gasteiger partial charge in [0.15, 0.2) is 0 Å². The van der Waals surface area contributed by atoms with Crippen molar-refractivity contribution in [2.24, 2.45) is 5.41 Å². The van der Waals surface area contributed by atoms with Crippen LogP contribution in [0.5, 0.6) is 0 Å². The molecular weight excluding hydrogens is 196 g/mol. The fraction of sp³-hybridized carbons (Fsp3) is 0.800. The first kappa shape index (κ1) is 12.0. The van der Waals surface area contributed by atoms with Gasteiger partial charge in [-0.3, -0.25) is 9.59 Å². The molecule has 0 spiro atoms. The SMILES string of the molecule is CCC1(C(=O)N(C)CC(=O)O)CCNC1. The number of carbonyl (C=O) groups is 2. The van der Waals surface area contributed by atoms with Gasteiger partial charge >= 0.3 is 5.97 Å². The van der Waals surface area contributed by atoms with E-state index in [-0.39, 0.29) is 17.9 Å². The zero-order valence-electron chi connectivity index (χ0n) is 9.25. The maximum atomic E-state index is 12.1. The molecule has 1 aliphatic heterocycles. The molecule has 1 atom stereocenters. The molecule has 86 valence electrons. The fourth-order valence-corrected chi connectivity index (χ4v) is 2.06. The van der Waals surface area contributed by atoms with Gasteiger partial charge < -0.3 is 15.3 Å². The highest BCUT2D eigenvalue weighted by atomic mass is 16.4. The van der Waals surface area contributed by atoms with E-state index in [1.807, 2.05) is 6.92 Å². The Kier molecular flexibility index (Phi) is 3.68. The van der Waals surface area contributed by atoms with Crippen LogP contribution in [0.25, 0.3) is 0 Å². The van der Waals surface area contributed by atoms with Crippen molar-refractivity contribution in [3.8, 4) is 0 Å². The number of likely N-dealkylation sites (N-methyl/N-ethyl adjacent to an activating group) is 1. The minimum atomic E-state index is -0.969. The number of rotatable bonds is 4. The topological polar surface area (TPSA) is 69.6 Å². The number of carboxylic acids is 1. The summed E-state index contributed by atoms with van der Waals surface area (Å²) >= 11 is 0. The van der Waals surface area contributed by atoms with Crippen LogP contribution in [0.3, 0.4) is 0 Å². The lowest BCUT2D eigenvalue weighted by Crippen LogP contribution is -2.45. The summed E-state index contributed by atoms with van der Waals surface area (Å²) in [4.78, 5) is 23.9. The predicted octanol–water partition coefficient (Wildman–Crippen LogP) is -0.0809. The lowest BCUT2D eigenvalue weighted by atomic mass is 9.83. The van der Waals surface area contributed by atoms with Gasteiger partial charge in [-0.25, -0.2) is 0 Å². The highest BCUT2D eigenvalue weighted by Gasteiger charge is 2.41. The third kappa shape index (κ3) is 2.47. The third-order valence-electron chi connectivity index (χ3n) is 3.09. The van der Waals surface area contributed by atoms with E-state index in [9.17, 15) is 9.59 Å². The Morgan fingerprint density at radius 3 is 2.60 bits per heavy atom. The minimum Gasteiger partial charge on any atom is -0.480 e. The van der Waals surface area contributed by atoms with Crippen LogP contribution in [0.4, 0.5) is 0 Å². The van der Waals surface area contributed by atoms with E-state index < -0.39 is 5.97 Å². The minimum absolute atomic E-state index is 0.0580. The van der Waals surface area contributed by atoms with E-state index >= 15 is 0 Å². The molecule has 0 bridgehead atoms. The summed E-state index contributed by atoms with van der Waals surface area (Å²) in [6.45, 7) is 3.24. The van der Waals surface area contributed by atoms with Gasteiger partial charge in [0, 0.05) is 13.6 Å². The molecule has 2 N–H and O–H groups in total. The molecule has 0 aliphatic carbocycles. The van der Waals surface area contributed by atoms with Gasteiger partial charge in [0.2, 0.25) is 5.91 Å². The number of carbonyl (C=O) groups excluding carboxylic acids is 1. The van der Waals surface area contributed by atoms with E-state index in [1.54, 1.807) is 7.05 Å². The molecule has 1 fully saturated rings. The summed E-state index contributed by atoms with van der Waals surface area (Å²) in [5.74, 6) is -1.03. The number of carboxylic acid groups (broad SMARTS) is 1. The molecule has 0 saturated carbocycles. The van der Waals surface area contributed by atoms with Crippen LogP contribution >= 0.6 is 0 Å². The Balaban J connectivity index is 2.68. The highest BCUT2D eigenvalue weighted by molar-refractivity contribution is 5.86. The Labute approximate surface area is 89.4 Å². The molecule has 0 radical (unpaired) electrons. The van der Waals surface area contributed by atoms with Crippen molar-refractivity contribution in [1.82, 2.24) is 10.2 Å². The molecule has 1 heterocycles. The van der Waals surface area contributed by atoms with Crippen LogP contribution in [0.1, 0.15) is 19.8 Å². The quantitative estimate of drug-likeness (QED) is 0.686. The van der Waals surface area contributed by atoms with Gasteiger partial charge in [-0.2, -0.15) is 0 Å². The Morgan fingerprint density at radius 1 is 1.53 bits per heavy atom. The monoisotopic (exact) mass is 214 g/mol. The lowest BCUT2D eigenvalue weighted by Gasteiger charge is -2.29. The van der Waals surface area contributed by atoms with Crippen molar-refractivity contribution < 1.29 is 14.7 Å². The van der Waals surface area contributed by atoms with Crippen LogP contribution in [0, 0.1) is 5.41 Å². The Morgan fingerprint density at radius 2 is 2.20 bits per heavy atom. The van der Waals surface area contributed by atoms with Gasteiger partial charge in [-0.1, -0.05) is 6.92 Å². The number of nitrogens with one attached hydrogen (secondary N) is 1. The van der Waals surface area contributed by atoms with Gasteiger partial charge in [-0.05, 0) is 19.4 Å². The van der Waals surface area contributed by atoms with Crippen molar-refractivity contribution >= 4 is 11.9 Å². The predicted molar refractivity (Wildman–Crippen MR) is 55.5 cm³/mol. The number of amides is 1. The fourth-order valence-electron chi connectivity index (χ4n) is 2.06. The van der Waals surface area contributed by atoms with Crippen LogP contribution in [0.15, 0.2) is 0 Å². The largest absolute Gasteiger partial charge is 0.480 e. The van der Waals surface area contributed by atoms with Crippen molar-refractivity contribution in [3.63, 3.8) is 0 Å². The maximum Gasteiger partial charge on any atom is 0.323 e. The first-order valence-electron chi connectivity index (χ1n) is 5.20. The van der Waals surface area contributed by atoms with Gasteiger partial charge in [0.1, 0.15) is 6.54 Å². The van der Waals surface area contributed by atoms with E-state index in [2.05, 4.69) is 5.32 Å². The molecule has 0 aromatic rings. The molecule has 1 saturated heterocycles. The van der Waals surface area contributed by atoms with Crippen LogP contribution in [0.2, 0.25) is 0 Å². The maximum absolute atomic E-state index is 12.1. The van der Waals surface area contributed by atoms with E-state index in [0.717, 1.165) is 19.4 Å². The average Bonchev–Trinajstić information content (AvgIpc) is 2.65. The number of hydrogen-bond acceptors (Lipinski definition) is 3. The molecule has 1 amide bonds. The molecular formula is C10H18N2O3. The van der Waals surface area contributed by atoms with Gasteiger partial charge in [0.25, 0.3) is 0 Å². The van der Waals surface area contributed by atoms with Gasteiger partial charge in [0.05, 0.1) is 5.41 Å². The van der Waals surface area contributed by atoms with E-state index in [4.69, 9.17) is 5.11 Å². The third-order valence-corrected chi connectivity index (χ3v) is 3.09. The van der Waals surface area contributed by atoms with Crippen LogP contribution in [-0.2, 0) is 9.59 Å². The molecule has 0 aromatic carbocycles. The normalized spacial score (nSPS) is 25.2. The number of aliphatic carboxylic acids is 1. The van der Waals surface area contributed by atoms with E-state index in [1.165, 1.54) is 4.90 Å². The standard InChI is InChI=1S/C10H18N2O3/c1-3-10(4-5-11-7-10)9(15)12(2)6-8(13)14/h11H,3-7H2,1-2H3,(H,13,14). The lowest BCUT2D eigenvalue weighted by molar-refractivity contribution is -0.148. The van der Waals surface area contributed by atoms with Crippen LogP contribution < -0.4 is 5.32 Å². The highest BCUT2D eigenvalue weighted by Crippen LogP contribution is 2.31. The summed E-state index contributed by atoms with van der Waals surface area (Å²) in [5.41, 5.74) is -0.385. The molecule has 0 aromatic heterocycles. The second-order valence-electron chi connectivity index (χ2n) is 4.12. The first-order valence-corrected chi connectivity index (χ1v) is 5.20. The molecule has 1 aliphatic rings. The second kappa shape index (κ2) is 4.61. The second-order valence-corrected chi connectivity index (χ2v) is 4.12. The summed E-state index contributed by atoms with van der Waals surface area (Å²) in [6.07, 6.45) is 1.55. The average molecular weight is 214 g/mol. The molecule has 15 heavy (non-hydrogen) atoms. The summed E-state index contributed by atoms with van der Waals surface area (Å²) < 4.78 is 0. The zero-order valence-corrected chi connectivity index (χ0v) is 9.25. The Bertz CT molecular complexity index is 259. The van der Waals surface area contributed by atoms with Crippen molar-refractivity contribution in [2.75, 3.05) is 26.7 Å². The van der Waals surface area contributed by atoms with E-state index in [0.29, 0.717) is 6.54 Å². The van der Waals surface area contributed by atoms with Crippen molar-refractivity contribution in [3.05, 3.63) is 0 Å². The number of hydrogen-bond donors (Lipinski definition) is 2. The van der Waals surface area contributed by atoms with Gasteiger partial charge in [-0.15, -0.1) is 0 Å². The summed E-state index contributed by atoms with van der Waals surface area (Å²) in [7, 11) is 1.55. The molecule has 5 nitrogen and oxygen atoms in total. The first-order chi connectivity index (χ1) is 7.02. The van der Waals surface area contributed by atoms with Crippen molar-refractivity contribution in [2.45, 2.75) is 19.8 Å². The molecule has 1 rings (SSSR count). The summed E-state index contributed by atoms with van der Waals surface area (Å²) in [5, 5.41) is 11.8. The zero-order chi connectivity index (χ0) is 11.5. The smallest absolute Gasteiger partial charge is 0.323 e.